The molecular formula is C28H33N3O6. The highest BCUT2D eigenvalue weighted by Gasteiger charge is 2.27. The van der Waals surface area contributed by atoms with Gasteiger partial charge in [0.1, 0.15) is 23.8 Å². The van der Waals surface area contributed by atoms with E-state index in [1.807, 2.05) is 36.4 Å². The van der Waals surface area contributed by atoms with Crippen molar-refractivity contribution in [2.45, 2.75) is 32.0 Å². The van der Waals surface area contributed by atoms with E-state index < -0.39 is 6.03 Å². The fraction of sp³-hybridized carbons (Fsp3) is 0.357. The molecular weight excluding hydrogens is 474 g/mol. The van der Waals surface area contributed by atoms with Crippen LogP contribution in [0.1, 0.15) is 24.2 Å². The summed E-state index contributed by atoms with van der Waals surface area (Å²) < 4.78 is 22.0. The van der Waals surface area contributed by atoms with Gasteiger partial charge >= 0.3 is 6.03 Å². The molecule has 1 aliphatic heterocycles. The van der Waals surface area contributed by atoms with Crippen LogP contribution in [0, 0.1) is 0 Å². The fourth-order valence-corrected chi connectivity index (χ4v) is 4.24. The molecule has 0 bridgehead atoms. The normalized spacial score (nSPS) is 14.7. The van der Waals surface area contributed by atoms with Crippen LogP contribution in [0.15, 0.2) is 71.3 Å². The maximum absolute atomic E-state index is 13.6. The molecule has 3 aromatic rings. The second-order valence-corrected chi connectivity index (χ2v) is 8.83. The van der Waals surface area contributed by atoms with Gasteiger partial charge in [-0.15, -0.1) is 0 Å². The topological polar surface area (TPSA) is 93.5 Å². The van der Waals surface area contributed by atoms with E-state index in [-0.39, 0.29) is 18.6 Å². The van der Waals surface area contributed by atoms with Crippen LogP contribution >= 0.6 is 0 Å². The summed E-state index contributed by atoms with van der Waals surface area (Å²) >= 11 is 0. The molecule has 1 fully saturated rings. The van der Waals surface area contributed by atoms with Gasteiger partial charge in [-0.3, -0.25) is 4.79 Å². The SMILES string of the molecule is COc1ccc(NC(=O)N(CC(=O)N(Cc2ccccc2)Cc2ccco2)CC2CCCO2)c(OC)c1. The van der Waals surface area contributed by atoms with Gasteiger partial charge in [-0.1, -0.05) is 30.3 Å². The molecule has 1 saturated heterocycles. The number of ether oxygens (including phenoxy) is 3. The largest absolute Gasteiger partial charge is 0.497 e. The number of carbonyl (C=O) groups is 2. The van der Waals surface area contributed by atoms with E-state index in [0.717, 1.165) is 18.4 Å². The number of anilines is 1. The smallest absolute Gasteiger partial charge is 0.322 e. The molecule has 37 heavy (non-hydrogen) atoms. The summed E-state index contributed by atoms with van der Waals surface area (Å²) in [5.41, 5.74) is 1.47. The summed E-state index contributed by atoms with van der Waals surface area (Å²) in [6.45, 7) is 1.52. The summed E-state index contributed by atoms with van der Waals surface area (Å²) in [6, 6.07) is 18.1. The standard InChI is InChI=1S/C28H33N3O6/c1-34-22-12-13-25(26(16-22)35-2)29-28(33)31(19-24-11-7-15-37-24)20-27(32)30(18-23-10-6-14-36-23)17-21-8-4-3-5-9-21/h3-6,8-10,12-14,16,24H,7,11,15,17-20H2,1-2H3,(H,29,33). The zero-order valence-electron chi connectivity index (χ0n) is 21.2. The van der Waals surface area contributed by atoms with Crippen molar-refractivity contribution >= 4 is 17.6 Å². The molecule has 2 aromatic carbocycles. The van der Waals surface area contributed by atoms with Crippen molar-refractivity contribution in [1.29, 1.82) is 0 Å². The zero-order valence-corrected chi connectivity index (χ0v) is 21.2. The van der Waals surface area contributed by atoms with Crippen LogP contribution in [0.3, 0.4) is 0 Å². The highest BCUT2D eigenvalue weighted by Crippen LogP contribution is 2.29. The van der Waals surface area contributed by atoms with Crippen LogP contribution in [0.2, 0.25) is 0 Å². The Labute approximate surface area is 216 Å². The molecule has 0 radical (unpaired) electrons. The van der Waals surface area contributed by atoms with E-state index in [2.05, 4.69) is 5.32 Å². The van der Waals surface area contributed by atoms with E-state index >= 15 is 0 Å². The Morgan fingerprint density at radius 3 is 2.51 bits per heavy atom. The Balaban J connectivity index is 1.52. The lowest BCUT2D eigenvalue weighted by molar-refractivity contribution is -0.133. The molecule has 2 heterocycles. The van der Waals surface area contributed by atoms with Crippen molar-refractivity contribution in [2.24, 2.45) is 0 Å². The molecule has 196 valence electrons. The van der Waals surface area contributed by atoms with E-state index in [1.54, 1.807) is 42.5 Å². The van der Waals surface area contributed by atoms with E-state index in [1.165, 1.54) is 12.0 Å². The van der Waals surface area contributed by atoms with Crippen molar-refractivity contribution < 1.29 is 28.2 Å². The number of hydrogen-bond donors (Lipinski definition) is 1. The third kappa shape index (κ3) is 7.27. The quantitative estimate of drug-likeness (QED) is 0.410. The lowest BCUT2D eigenvalue weighted by atomic mass is 10.2. The van der Waals surface area contributed by atoms with Crippen LogP contribution in [-0.4, -0.2) is 61.8 Å². The highest BCUT2D eigenvalue weighted by atomic mass is 16.5. The Bertz CT molecular complexity index is 1150. The molecule has 0 saturated carbocycles. The summed E-state index contributed by atoms with van der Waals surface area (Å²) in [5.74, 6) is 1.54. The Hall–Kier alpha value is -3.98. The van der Waals surface area contributed by atoms with Crippen molar-refractivity contribution in [3.8, 4) is 11.5 Å². The average molecular weight is 508 g/mol. The van der Waals surface area contributed by atoms with Crippen LogP contribution in [0.25, 0.3) is 0 Å². The highest BCUT2D eigenvalue weighted by molar-refractivity contribution is 5.93. The van der Waals surface area contributed by atoms with Crippen LogP contribution < -0.4 is 14.8 Å². The second kappa shape index (κ2) is 12.8. The van der Waals surface area contributed by atoms with E-state index in [0.29, 0.717) is 49.2 Å². The minimum Gasteiger partial charge on any atom is -0.497 e. The molecule has 0 spiro atoms. The number of rotatable bonds is 11. The fourth-order valence-electron chi connectivity index (χ4n) is 4.24. The molecule has 1 aromatic heterocycles. The first-order chi connectivity index (χ1) is 18.1. The first kappa shape index (κ1) is 26.1. The minimum absolute atomic E-state index is 0.113. The van der Waals surface area contributed by atoms with Crippen molar-refractivity contribution in [2.75, 3.05) is 39.2 Å². The predicted molar refractivity (Wildman–Crippen MR) is 139 cm³/mol. The molecule has 3 amide bonds. The van der Waals surface area contributed by atoms with Gasteiger partial charge in [0.25, 0.3) is 0 Å². The molecule has 1 atom stereocenters. The van der Waals surface area contributed by atoms with Gasteiger partial charge in [0, 0.05) is 25.8 Å². The molecule has 4 rings (SSSR count). The number of carbonyl (C=O) groups excluding carboxylic acids is 2. The third-order valence-electron chi connectivity index (χ3n) is 6.21. The maximum atomic E-state index is 13.6. The summed E-state index contributed by atoms with van der Waals surface area (Å²) in [6.07, 6.45) is 3.23. The first-order valence-electron chi connectivity index (χ1n) is 12.3. The van der Waals surface area contributed by atoms with Crippen molar-refractivity contribution in [3.63, 3.8) is 0 Å². The molecule has 9 heteroatoms. The van der Waals surface area contributed by atoms with Gasteiger partial charge in [0.15, 0.2) is 0 Å². The lowest BCUT2D eigenvalue weighted by Gasteiger charge is -2.29. The lowest BCUT2D eigenvalue weighted by Crippen LogP contribution is -2.46. The number of nitrogens with zero attached hydrogens (tertiary/aromatic N) is 2. The summed E-state index contributed by atoms with van der Waals surface area (Å²) in [4.78, 5) is 30.2. The van der Waals surface area contributed by atoms with Gasteiger partial charge in [-0.05, 0) is 42.7 Å². The van der Waals surface area contributed by atoms with Crippen molar-refractivity contribution in [3.05, 3.63) is 78.3 Å². The first-order valence-corrected chi connectivity index (χ1v) is 12.3. The molecule has 9 nitrogen and oxygen atoms in total. The third-order valence-corrected chi connectivity index (χ3v) is 6.21. The van der Waals surface area contributed by atoms with E-state index in [9.17, 15) is 9.59 Å². The molecule has 1 aliphatic rings. The average Bonchev–Trinajstić information content (AvgIpc) is 3.63. The minimum atomic E-state index is -0.412. The van der Waals surface area contributed by atoms with Gasteiger partial charge < -0.3 is 33.7 Å². The molecule has 1 N–H and O–H groups in total. The number of urea groups is 1. The van der Waals surface area contributed by atoms with Crippen LogP contribution in [-0.2, 0) is 22.6 Å². The number of hydrogen-bond acceptors (Lipinski definition) is 6. The number of benzene rings is 2. The van der Waals surface area contributed by atoms with Gasteiger partial charge in [-0.2, -0.15) is 0 Å². The summed E-state index contributed by atoms with van der Waals surface area (Å²) in [7, 11) is 3.08. The Kier molecular flexibility index (Phi) is 9.04. The number of methoxy groups -OCH3 is 2. The van der Waals surface area contributed by atoms with E-state index in [4.69, 9.17) is 18.6 Å². The van der Waals surface area contributed by atoms with Crippen LogP contribution in [0.5, 0.6) is 11.5 Å². The van der Waals surface area contributed by atoms with Gasteiger partial charge in [-0.25, -0.2) is 4.79 Å². The maximum Gasteiger partial charge on any atom is 0.322 e. The summed E-state index contributed by atoms with van der Waals surface area (Å²) in [5, 5.41) is 2.89. The number of nitrogens with one attached hydrogen (secondary N) is 1. The zero-order chi connectivity index (χ0) is 26.0. The predicted octanol–water partition coefficient (Wildman–Crippen LogP) is 4.54. The Morgan fingerprint density at radius 2 is 1.84 bits per heavy atom. The van der Waals surface area contributed by atoms with Gasteiger partial charge in [0.2, 0.25) is 5.91 Å². The number of furan rings is 1. The molecule has 1 unspecified atom stereocenters. The second-order valence-electron chi connectivity index (χ2n) is 8.83. The van der Waals surface area contributed by atoms with Crippen molar-refractivity contribution in [1.82, 2.24) is 9.80 Å². The Morgan fingerprint density at radius 1 is 1.00 bits per heavy atom. The molecule has 0 aliphatic carbocycles. The monoisotopic (exact) mass is 507 g/mol. The van der Waals surface area contributed by atoms with Gasteiger partial charge in [0.05, 0.1) is 38.8 Å². The van der Waals surface area contributed by atoms with Crippen LogP contribution in [0.4, 0.5) is 10.5 Å². The number of amides is 3.